The minimum Gasteiger partial charge on any atom is -0.379 e. The molecule has 0 spiro atoms. The highest BCUT2D eigenvalue weighted by Gasteiger charge is 2.43. The van der Waals surface area contributed by atoms with Crippen LogP contribution in [0, 0.1) is 5.92 Å². The number of allylic oxidation sites excluding steroid dienone is 2. The van der Waals surface area contributed by atoms with Gasteiger partial charge in [0.05, 0.1) is 17.7 Å². The van der Waals surface area contributed by atoms with E-state index >= 15 is 0 Å². The number of halogens is 1. The maximum atomic E-state index is 13.0. The highest BCUT2D eigenvalue weighted by molar-refractivity contribution is 5.96. The number of carbonyl (C=O) groups excluding carboxylic acids is 1. The lowest BCUT2D eigenvalue weighted by molar-refractivity contribution is -0.176. The Bertz CT molecular complexity index is 1050. The van der Waals surface area contributed by atoms with Gasteiger partial charge in [-0.25, -0.2) is 9.37 Å². The van der Waals surface area contributed by atoms with E-state index in [0.717, 1.165) is 27.6 Å². The summed E-state index contributed by atoms with van der Waals surface area (Å²) in [5.74, 6) is -2.36. The normalized spacial score (nSPS) is 23.4. The van der Waals surface area contributed by atoms with Gasteiger partial charge in [-0.05, 0) is 31.1 Å². The number of anilines is 1. The van der Waals surface area contributed by atoms with Crippen LogP contribution in [0.5, 0.6) is 0 Å². The molecule has 8 heteroatoms. The van der Waals surface area contributed by atoms with Gasteiger partial charge < -0.3 is 20.8 Å². The third-order valence-electron chi connectivity index (χ3n) is 5.54. The molecule has 1 amide bonds. The SMILES string of the molecule is CCCC(O)(O)C1C=C(C)C(c2cc3cnc(NC(=O)C4CC4F)cc3cn2)=CN1. The number of rotatable bonds is 6. The van der Waals surface area contributed by atoms with Crippen LogP contribution in [0.1, 0.15) is 38.8 Å². The number of amides is 1. The van der Waals surface area contributed by atoms with Gasteiger partial charge in [-0.1, -0.05) is 19.4 Å². The summed E-state index contributed by atoms with van der Waals surface area (Å²) in [7, 11) is 0. The maximum absolute atomic E-state index is 13.0. The molecule has 1 fully saturated rings. The highest BCUT2D eigenvalue weighted by Crippen LogP contribution is 2.35. The number of carbonyl (C=O) groups is 1. The van der Waals surface area contributed by atoms with Crippen molar-refractivity contribution in [2.24, 2.45) is 5.92 Å². The molecule has 3 unspecified atom stereocenters. The molecule has 2 aromatic rings. The van der Waals surface area contributed by atoms with Crippen LogP contribution >= 0.6 is 0 Å². The van der Waals surface area contributed by atoms with Crippen LogP contribution in [-0.4, -0.2) is 44.1 Å². The third kappa shape index (κ3) is 4.06. The van der Waals surface area contributed by atoms with Crippen molar-refractivity contribution in [1.29, 1.82) is 0 Å². The Kier molecular flexibility index (Phi) is 5.29. The van der Waals surface area contributed by atoms with Crippen LogP contribution in [0.3, 0.4) is 0 Å². The number of aliphatic hydroxyl groups is 2. The number of nitrogens with zero attached hydrogens (tertiary/aromatic N) is 2. The van der Waals surface area contributed by atoms with Crippen LogP contribution in [0.2, 0.25) is 0 Å². The summed E-state index contributed by atoms with van der Waals surface area (Å²) in [6, 6.07) is 3.00. The molecule has 0 bridgehead atoms. The molecule has 4 N–H and O–H groups in total. The average molecular weight is 412 g/mol. The summed E-state index contributed by atoms with van der Waals surface area (Å²) >= 11 is 0. The summed E-state index contributed by atoms with van der Waals surface area (Å²) in [5.41, 5.74) is 2.45. The van der Waals surface area contributed by atoms with Crippen molar-refractivity contribution in [2.75, 3.05) is 5.32 Å². The summed E-state index contributed by atoms with van der Waals surface area (Å²) in [4.78, 5) is 20.7. The van der Waals surface area contributed by atoms with Crippen molar-refractivity contribution in [3.8, 4) is 0 Å². The number of hydrogen-bond acceptors (Lipinski definition) is 6. The molecule has 1 saturated carbocycles. The van der Waals surface area contributed by atoms with Crippen LogP contribution < -0.4 is 10.6 Å². The van der Waals surface area contributed by atoms with Crippen molar-refractivity contribution < 1.29 is 19.4 Å². The topological polar surface area (TPSA) is 107 Å². The Labute approximate surface area is 173 Å². The molecule has 1 aliphatic carbocycles. The predicted molar refractivity (Wildman–Crippen MR) is 112 cm³/mol. The van der Waals surface area contributed by atoms with Crippen LogP contribution in [0.4, 0.5) is 10.2 Å². The molecule has 7 nitrogen and oxygen atoms in total. The number of fused-ring (bicyclic) bond motifs is 1. The fraction of sp³-hybridized carbons (Fsp3) is 0.409. The van der Waals surface area contributed by atoms with E-state index in [2.05, 4.69) is 20.6 Å². The number of aromatic nitrogens is 2. The molecule has 0 saturated heterocycles. The Hall–Kier alpha value is -2.84. The van der Waals surface area contributed by atoms with E-state index in [0.29, 0.717) is 12.2 Å². The van der Waals surface area contributed by atoms with Crippen molar-refractivity contribution >= 4 is 28.1 Å². The number of alkyl halides is 1. The Morgan fingerprint density at radius 3 is 2.67 bits per heavy atom. The Morgan fingerprint density at radius 2 is 2.00 bits per heavy atom. The van der Waals surface area contributed by atoms with E-state index in [4.69, 9.17) is 0 Å². The zero-order chi connectivity index (χ0) is 21.5. The second kappa shape index (κ2) is 7.77. The fourth-order valence-corrected chi connectivity index (χ4v) is 3.65. The number of pyridine rings is 2. The molecule has 3 heterocycles. The van der Waals surface area contributed by atoms with E-state index < -0.39 is 23.9 Å². The zero-order valence-corrected chi connectivity index (χ0v) is 16.9. The van der Waals surface area contributed by atoms with Gasteiger partial charge >= 0.3 is 0 Å². The molecule has 2 aromatic heterocycles. The van der Waals surface area contributed by atoms with E-state index in [-0.39, 0.29) is 18.7 Å². The molecule has 30 heavy (non-hydrogen) atoms. The molecule has 4 rings (SSSR count). The molecule has 0 aromatic carbocycles. The first-order valence-electron chi connectivity index (χ1n) is 10.1. The maximum Gasteiger partial charge on any atom is 0.231 e. The molecule has 158 valence electrons. The zero-order valence-electron chi connectivity index (χ0n) is 16.9. The largest absolute Gasteiger partial charge is 0.379 e. The summed E-state index contributed by atoms with van der Waals surface area (Å²) < 4.78 is 13.0. The minimum absolute atomic E-state index is 0.267. The van der Waals surface area contributed by atoms with Gasteiger partial charge in [0.1, 0.15) is 12.0 Å². The van der Waals surface area contributed by atoms with E-state index in [1.807, 2.05) is 19.9 Å². The first-order valence-corrected chi connectivity index (χ1v) is 10.1. The summed E-state index contributed by atoms with van der Waals surface area (Å²) in [6.07, 6.45) is 7.02. The van der Waals surface area contributed by atoms with Crippen molar-refractivity contribution in [1.82, 2.24) is 15.3 Å². The molecular formula is C22H25FN4O3. The van der Waals surface area contributed by atoms with Gasteiger partial charge in [0.2, 0.25) is 5.91 Å². The third-order valence-corrected chi connectivity index (χ3v) is 5.54. The van der Waals surface area contributed by atoms with Crippen LogP contribution in [0.15, 0.2) is 42.4 Å². The van der Waals surface area contributed by atoms with Crippen LogP contribution in [0.25, 0.3) is 16.3 Å². The average Bonchev–Trinajstić information content (AvgIpc) is 3.44. The fourth-order valence-electron chi connectivity index (χ4n) is 3.65. The van der Waals surface area contributed by atoms with Gasteiger partial charge in [-0.15, -0.1) is 0 Å². The lowest BCUT2D eigenvalue weighted by Gasteiger charge is -2.32. The second-order valence-corrected chi connectivity index (χ2v) is 8.01. The van der Waals surface area contributed by atoms with Gasteiger partial charge in [0, 0.05) is 41.4 Å². The molecule has 0 radical (unpaired) electrons. The predicted octanol–water partition coefficient (Wildman–Crippen LogP) is 2.67. The Balaban J connectivity index is 1.52. The van der Waals surface area contributed by atoms with Crippen LogP contribution in [-0.2, 0) is 4.79 Å². The van der Waals surface area contributed by atoms with Gasteiger partial charge in [0.15, 0.2) is 5.79 Å². The van der Waals surface area contributed by atoms with Gasteiger partial charge in [0.25, 0.3) is 0 Å². The van der Waals surface area contributed by atoms with E-state index in [1.54, 1.807) is 30.7 Å². The number of dihydropyridines is 1. The molecular weight excluding hydrogens is 387 g/mol. The summed E-state index contributed by atoms with van der Waals surface area (Å²) in [5, 5.41) is 27.8. The van der Waals surface area contributed by atoms with E-state index in [9.17, 15) is 19.4 Å². The minimum atomic E-state index is -1.82. The van der Waals surface area contributed by atoms with Crippen molar-refractivity contribution in [2.45, 2.75) is 51.1 Å². The lowest BCUT2D eigenvalue weighted by Crippen LogP contribution is -2.49. The number of nitrogens with one attached hydrogen (secondary N) is 2. The molecule has 3 atom stereocenters. The first kappa shape index (κ1) is 20.4. The highest BCUT2D eigenvalue weighted by atomic mass is 19.1. The lowest BCUT2D eigenvalue weighted by atomic mass is 9.93. The van der Waals surface area contributed by atoms with Gasteiger partial charge in [-0.2, -0.15) is 0 Å². The monoisotopic (exact) mass is 412 g/mol. The van der Waals surface area contributed by atoms with Crippen molar-refractivity contribution in [3.05, 3.63) is 48.1 Å². The quantitative estimate of drug-likeness (QED) is 0.544. The van der Waals surface area contributed by atoms with Gasteiger partial charge in [-0.3, -0.25) is 9.78 Å². The second-order valence-electron chi connectivity index (χ2n) is 8.01. The molecule has 2 aliphatic rings. The van der Waals surface area contributed by atoms with Crippen molar-refractivity contribution in [3.63, 3.8) is 0 Å². The number of hydrogen-bond donors (Lipinski definition) is 4. The summed E-state index contributed by atoms with van der Waals surface area (Å²) in [6.45, 7) is 3.80. The Morgan fingerprint density at radius 1 is 1.30 bits per heavy atom. The standard InChI is InChI=1S/C22H25FN4O3/c1-3-4-22(29,30)19-5-12(2)16(11-25-19)18-6-13-10-26-20(7-14(13)9-24-18)27-21(28)15-8-17(15)23/h5-7,9-11,15,17,19,25,29-30H,3-4,8H2,1-2H3,(H,26,27,28). The molecule has 1 aliphatic heterocycles. The first-order chi connectivity index (χ1) is 14.3. The smallest absolute Gasteiger partial charge is 0.231 e. The van der Waals surface area contributed by atoms with E-state index in [1.165, 1.54) is 0 Å².